The van der Waals surface area contributed by atoms with Gasteiger partial charge < -0.3 is 10.1 Å². The first kappa shape index (κ1) is 33.2. The van der Waals surface area contributed by atoms with E-state index in [2.05, 4.69) is 37.7 Å². The minimum absolute atomic E-state index is 0.336. The van der Waals surface area contributed by atoms with Crippen LogP contribution in [0.4, 0.5) is 0 Å². The molecule has 4 nitrogen and oxygen atoms in total. The quantitative estimate of drug-likeness (QED) is 0.0789. The van der Waals surface area contributed by atoms with Crippen LogP contribution in [-0.2, 0) is 4.74 Å². The van der Waals surface area contributed by atoms with Crippen molar-refractivity contribution in [2.45, 2.75) is 73.6 Å². The maximum atomic E-state index is 13.6. The lowest BCUT2D eigenvalue weighted by molar-refractivity contribution is 0.0427. The van der Waals surface area contributed by atoms with Crippen molar-refractivity contribution in [1.82, 2.24) is 4.98 Å². The summed E-state index contributed by atoms with van der Waals surface area (Å²) in [6, 6.07) is 9.77. The smallest absolute Gasteiger partial charge is 0.338 e. The van der Waals surface area contributed by atoms with Crippen molar-refractivity contribution in [2.75, 3.05) is 6.61 Å². The van der Waals surface area contributed by atoms with Gasteiger partial charge in [0.1, 0.15) is 0 Å². The molecule has 0 saturated carbocycles. The van der Waals surface area contributed by atoms with Crippen LogP contribution >= 0.6 is 0 Å². The van der Waals surface area contributed by atoms with Gasteiger partial charge in [0, 0.05) is 22.6 Å². The second-order valence-electron chi connectivity index (χ2n) is 10.5. The Bertz CT molecular complexity index is 1380. The van der Waals surface area contributed by atoms with Crippen LogP contribution < -0.4 is 0 Å². The Balaban J connectivity index is 2.66. The summed E-state index contributed by atoms with van der Waals surface area (Å²) in [5.74, 6) is 0.0123. The Morgan fingerprint density at radius 3 is 2.54 bits per heavy atom. The zero-order valence-electron chi connectivity index (χ0n) is 25.8. The molecule has 0 radical (unpaired) electrons. The fourth-order valence-electron chi connectivity index (χ4n) is 4.36. The molecule has 2 rings (SSSR count). The number of rotatable bonds is 15. The van der Waals surface area contributed by atoms with Gasteiger partial charge in [0.25, 0.3) is 0 Å². The first-order valence-corrected chi connectivity index (χ1v) is 14.6. The Hall–Kier alpha value is -4.01. The van der Waals surface area contributed by atoms with Gasteiger partial charge in [-0.1, -0.05) is 83.1 Å². The van der Waals surface area contributed by atoms with Gasteiger partial charge in [-0.15, -0.1) is 5.73 Å². The van der Waals surface area contributed by atoms with Gasteiger partial charge in [-0.05, 0) is 92.6 Å². The van der Waals surface area contributed by atoms with Gasteiger partial charge in [0.15, 0.2) is 0 Å². The van der Waals surface area contributed by atoms with Gasteiger partial charge in [-0.3, -0.25) is 4.98 Å². The summed E-state index contributed by atoms with van der Waals surface area (Å²) in [6.07, 6.45) is 14.8. The van der Waals surface area contributed by atoms with Crippen molar-refractivity contribution in [2.24, 2.45) is 5.92 Å². The molecule has 1 heterocycles. The molecule has 41 heavy (non-hydrogen) atoms. The summed E-state index contributed by atoms with van der Waals surface area (Å²) in [5.41, 5.74) is 10.6. The molecule has 4 heteroatoms. The first-order valence-electron chi connectivity index (χ1n) is 14.6. The molecule has 0 spiro atoms. The summed E-state index contributed by atoms with van der Waals surface area (Å²) < 4.78 is 5.91. The Labute approximate surface area is 247 Å². The van der Waals surface area contributed by atoms with E-state index < -0.39 is 0 Å². The summed E-state index contributed by atoms with van der Waals surface area (Å²) in [6.45, 7) is 20.4. The number of hydrogen-bond acceptors (Lipinski definition) is 4. The van der Waals surface area contributed by atoms with Crippen LogP contribution in [-0.4, -0.2) is 23.3 Å². The highest BCUT2D eigenvalue weighted by molar-refractivity contribution is 6.05. The maximum Gasteiger partial charge on any atom is 0.338 e. The van der Waals surface area contributed by atoms with Crippen LogP contribution in [0.5, 0.6) is 0 Å². The van der Waals surface area contributed by atoms with Gasteiger partial charge >= 0.3 is 5.97 Å². The number of nitrogens with one attached hydrogen (secondary N) is 1. The van der Waals surface area contributed by atoms with Crippen LogP contribution in [0.3, 0.4) is 0 Å². The molecule has 1 aromatic carbocycles. The first-order chi connectivity index (χ1) is 19.6. The minimum Gasteiger partial charge on any atom is -0.462 e. The number of ether oxygens (including phenoxy) is 1. The number of benzene rings is 1. The zero-order valence-corrected chi connectivity index (χ0v) is 25.8. The van der Waals surface area contributed by atoms with Gasteiger partial charge in [-0.2, -0.15) is 0 Å². The number of nitrogens with zero attached hydrogens (tertiary/aromatic N) is 1. The van der Waals surface area contributed by atoms with E-state index >= 15 is 0 Å². The Morgan fingerprint density at radius 2 is 1.90 bits per heavy atom. The predicted molar refractivity (Wildman–Crippen MR) is 175 cm³/mol. The fourth-order valence-corrected chi connectivity index (χ4v) is 4.36. The third-order valence-corrected chi connectivity index (χ3v) is 7.26. The third kappa shape index (κ3) is 10.2. The van der Waals surface area contributed by atoms with Crippen LogP contribution in [0.15, 0.2) is 79.1 Å². The normalized spacial score (nSPS) is 12.0. The molecule has 0 fully saturated rings. The van der Waals surface area contributed by atoms with E-state index in [-0.39, 0.29) is 5.97 Å². The number of unbranched alkanes of at least 4 members (excludes halogenated alkanes) is 2. The average Bonchev–Trinajstić information content (AvgIpc) is 2.96. The summed E-state index contributed by atoms with van der Waals surface area (Å²) in [5, 5.41) is 7.94. The van der Waals surface area contributed by atoms with Gasteiger partial charge in [0.2, 0.25) is 0 Å². The van der Waals surface area contributed by atoms with Crippen molar-refractivity contribution in [3.63, 3.8) is 0 Å². The van der Waals surface area contributed by atoms with E-state index in [1.165, 1.54) is 12.8 Å². The summed E-state index contributed by atoms with van der Waals surface area (Å²) in [4.78, 5) is 18.2. The molecule has 1 N–H and O–H groups in total. The standard InChI is InChI=1S/C37H46N2O2/c1-9-12-14-18-31(11-3)25-41-37(40)35-24-33(23-32(28(35)6)22-21-26(4)30(8)38)34(19-15-13-10-2)29(7)36-20-16-17-27(5)39-36/h10,13,15-17,19-20,22-24,31,38H,2,7,9,11-12,14,18,25H2,1,3-6,8H3/b15-13+,34-19+,38-30?/t21?,31-/m1/s1. The van der Waals surface area contributed by atoms with Crippen molar-refractivity contribution in [3.05, 3.63) is 113 Å². The van der Waals surface area contributed by atoms with E-state index in [4.69, 9.17) is 10.1 Å². The largest absolute Gasteiger partial charge is 0.462 e. The average molecular weight is 551 g/mol. The highest BCUT2D eigenvalue weighted by atomic mass is 16.5. The van der Waals surface area contributed by atoms with Gasteiger partial charge in [0.05, 0.1) is 17.9 Å². The highest BCUT2D eigenvalue weighted by Crippen LogP contribution is 2.33. The lowest BCUT2D eigenvalue weighted by Crippen LogP contribution is -2.15. The molecule has 0 amide bonds. The summed E-state index contributed by atoms with van der Waals surface area (Å²) >= 11 is 0. The molecule has 0 aliphatic carbocycles. The number of esters is 1. The fraction of sp³-hybridized carbons (Fsp3) is 0.351. The third-order valence-electron chi connectivity index (χ3n) is 7.26. The van der Waals surface area contributed by atoms with Crippen LogP contribution in [0.1, 0.15) is 98.2 Å². The van der Waals surface area contributed by atoms with E-state index in [1.807, 2.05) is 75.4 Å². The lowest BCUT2D eigenvalue weighted by Gasteiger charge is -2.18. The highest BCUT2D eigenvalue weighted by Gasteiger charge is 2.19. The molecule has 2 aromatic rings. The maximum absolute atomic E-state index is 13.6. The number of hydrogen-bond donors (Lipinski definition) is 1. The van der Waals surface area contributed by atoms with Crippen molar-refractivity contribution < 1.29 is 9.53 Å². The second-order valence-corrected chi connectivity index (χ2v) is 10.5. The number of pyridine rings is 1. The van der Waals surface area contributed by atoms with E-state index in [0.29, 0.717) is 23.8 Å². The number of allylic oxidation sites excluding steroid dienone is 7. The molecule has 0 aliphatic rings. The van der Waals surface area contributed by atoms with E-state index in [0.717, 1.165) is 64.1 Å². The molecule has 1 aromatic heterocycles. The molecular weight excluding hydrogens is 504 g/mol. The van der Waals surface area contributed by atoms with E-state index in [9.17, 15) is 4.79 Å². The number of aromatic nitrogens is 1. The Morgan fingerprint density at radius 1 is 1.15 bits per heavy atom. The lowest BCUT2D eigenvalue weighted by atomic mass is 9.90. The Kier molecular flexibility index (Phi) is 13.7. The van der Waals surface area contributed by atoms with Crippen LogP contribution in [0.2, 0.25) is 0 Å². The topological polar surface area (TPSA) is 63.0 Å². The zero-order chi connectivity index (χ0) is 30.4. The molecule has 1 atom stereocenters. The molecule has 0 unspecified atom stereocenters. The molecule has 0 bridgehead atoms. The molecule has 0 saturated heterocycles. The molecular formula is C37H46N2O2. The van der Waals surface area contributed by atoms with Crippen LogP contribution in [0, 0.1) is 25.2 Å². The summed E-state index contributed by atoms with van der Waals surface area (Å²) in [7, 11) is 0. The SMILES string of the molecule is C=C/C=C/C=C(\C(=C)c1cccc(C)n1)c1cc(C=C=C(C)C(C)=N)c(C)c(C(=O)OC[C@H](CC)CCCCC)c1. The second kappa shape index (κ2) is 16.9. The number of carbonyl (C=O) groups is 1. The van der Waals surface area contributed by atoms with E-state index in [1.54, 1.807) is 13.0 Å². The van der Waals surface area contributed by atoms with Crippen LogP contribution in [0.25, 0.3) is 17.2 Å². The van der Waals surface area contributed by atoms with Crippen molar-refractivity contribution >= 4 is 28.9 Å². The van der Waals surface area contributed by atoms with Crippen molar-refractivity contribution in [3.8, 4) is 0 Å². The van der Waals surface area contributed by atoms with Gasteiger partial charge in [-0.25, -0.2) is 4.79 Å². The number of aryl methyl sites for hydroxylation is 1. The predicted octanol–water partition coefficient (Wildman–Crippen LogP) is 9.90. The number of carbonyl (C=O) groups excluding carboxylic acids is 1. The van der Waals surface area contributed by atoms with Crippen molar-refractivity contribution in [1.29, 1.82) is 5.41 Å². The minimum atomic E-state index is -0.336. The molecule has 216 valence electrons. The molecule has 0 aliphatic heterocycles. The monoisotopic (exact) mass is 550 g/mol.